The molecule has 0 bridgehead atoms. The predicted molar refractivity (Wildman–Crippen MR) is 114 cm³/mol. The third-order valence-electron chi connectivity index (χ3n) is 4.75. The van der Waals surface area contributed by atoms with Gasteiger partial charge in [0.1, 0.15) is 6.26 Å². The van der Waals surface area contributed by atoms with Gasteiger partial charge in [0.25, 0.3) is 11.5 Å². The molecule has 0 aliphatic heterocycles. The molecule has 0 aliphatic rings. The fourth-order valence-corrected chi connectivity index (χ4v) is 3.33. The zero-order chi connectivity index (χ0) is 21.3. The number of aryl methyl sites for hydroxylation is 2. The highest BCUT2D eigenvalue weighted by Gasteiger charge is 2.15. The van der Waals surface area contributed by atoms with Crippen LogP contribution in [0.4, 0.5) is 0 Å². The van der Waals surface area contributed by atoms with Crippen molar-refractivity contribution in [2.45, 2.75) is 26.9 Å². The average molecular weight is 423 g/mol. The molecule has 8 heteroatoms. The maximum Gasteiger partial charge on any atom is 0.260 e. The van der Waals surface area contributed by atoms with Gasteiger partial charge < -0.3 is 14.3 Å². The van der Waals surface area contributed by atoms with E-state index in [2.05, 4.69) is 15.3 Å². The smallest absolute Gasteiger partial charge is 0.260 e. The summed E-state index contributed by atoms with van der Waals surface area (Å²) in [5, 5.41) is 3.82. The van der Waals surface area contributed by atoms with Gasteiger partial charge in [-0.1, -0.05) is 23.7 Å². The lowest BCUT2D eigenvalue weighted by molar-refractivity contribution is 0.0949. The van der Waals surface area contributed by atoms with Gasteiger partial charge in [0.05, 0.1) is 40.9 Å². The number of halogens is 1. The van der Waals surface area contributed by atoms with E-state index in [4.69, 9.17) is 16.0 Å². The Morgan fingerprint density at radius 2 is 1.93 bits per heavy atom. The molecule has 0 aliphatic carbocycles. The van der Waals surface area contributed by atoms with E-state index in [0.717, 1.165) is 5.56 Å². The first-order valence-electron chi connectivity index (χ1n) is 9.35. The van der Waals surface area contributed by atoms with E-state index in [1.165, 1.54) is 6.26 Å². The van der Waals surface area contributed by atoms with Gasteiger partial charge in [-0.15, -0.1) is 0 Å². The molecular weight excluding hydrogens is 404 g/mol. The number of hydrogen-bond donors (Lipinski definition) is 1. The van der Waals surface area contributed by atoms with Crippen molar-refractivity contribution in [3.8, 4) is 0 Å². The maximum atomic E-state index is 13.0. The second kappa shape index (κ2) is 8.12. The van der Waals surface area contributed by atoms with Crippen molar-refractivity contribution < 1.29 is 9.21 Å². The molecule has 152 valence electrons. The maximum absolute atomic E-state index is 13.0. The van der Waals surface area contributed by atoms with Crippen LogP contribution in [0.2, 0.25) is 5.02 Å². The van der Waals surface area contributed by atoms with E-state index in [9.17, 15) is 9.59 Å². The number of carbonyl (C=O) groups excluding carboxylic acids is 1. The number of nitrogens with one attached hydrogen (secondary N) is 1. The Kier molecular flexibility index (Phi) is 5.37. The fourth-order valence-electron chi connectivity index (χ4n) is 3.20. The molecule has 4 aromatic rings. The van der Waals surface area contributed by atoms with Crippen molar-refractivity contribution in [1.82, 2.24) is 19.9 Å². The Bertz CT molecular complexity index is 1290. The summed E-state index contributed by atoms with van der Waals surface area (Å²) in [6, 6.07) is 10.7. The van der Waals surface area contributed by atoms with Gasteiger partial charge in [-0.25, -0.2) is 4.98 Å². The summed E-state index contributed by atoms with van der Waals surface area (Å²) in [6.45, 7) is 4.10. The third kappa shape index (κ3) is 4.11. The van der Waals surface area contributed by atoms with Gasteiger partial charge in [-0.05, 0) is 36.8 Å². The molecular formula is C22H19ClN4O3. The first-order valence-corrected chi connectivity index (χ1v) is 9.73. The quantitative estimate of drug-likeness (QED) is 0.530. The van der Waals surface area contributed by atoms with Crippen LogP contribution in [0.25, 0.3) is 10.9 Å². The lowest BCUT2D eigenvalue weighted by atomic mass is 10.1. The monoisotopic (exact) mass is 422 g/mol. The topological polar surface area (TPSA) is 90.0 Å². The van der Waals surface area contributed by atoms with Gasteiger partial charge in [0.15, 0.2) is 5.89 Å². The molecule has 3 heterocycles. The van der Waals surface area contributed by atoms with Crippen LogP contribution in [-0.2, 0) is 13.1 Å². The van der Waals surface area contributed by atoms with Gasteiger partial charge in [0, 0.05) is 18.1 Å². The average Bonchev–Trinajstić information content (AvgIpc) is 3.15. The van der Waals surface area contributed by atoms with Crippen LogP contribution in [0.3, 0.4) is 0 Å². The second-order valence-electron chi connectivity index (χ2n) is 6.97. The summed E-state index contributed by atoms with van der Waals surface area (Å²) in [6.07, 6.45) is 3.20. The van der Waals surface area contributed by atoms with Crippen molar-refractivity contribution in [3.63, 3.8) is 0 Å². The number of benzene rings is 1. The Morgan fingerprint density at radius 3 is 2.63 bits per heavy atom. The number of rotatable bonds is 5. The van der Waals surface area contributed by atoms with Crippen molar-refractivity contribution in [1.29, 1.82) is 0 Å². The predicted octanol–water partition coefficient (Wildman–Crippen LogP) is 3.63. The summed E-state index contributed by atoms with van der Waals surface area (Å²) in [5.41, 5.74) is 2.80. The number of fused-ring (bicyclic) bond motifs is 1. The normalized spacial score (nSPS) is 11.0. The highest BCUT2D eigenvalue weighted by Crippen LogP contribution is 2.15. The van der Waals surface area contributed by atoms with E-state index in [0.29, 0.717) is 45.3 Å². The zero-order valence-electron chi connectivity index (χ0n) is 16.5. The largest absolute Gasteiger partial charge is 0.449 e. The molecule has 30 heavy (non-hydrogen) atoms. The molecule has 1 N–H and O–H groups in total. The Labute approximate surface area is 177 Å². The zero-order valence-corrected chi connectivity index (χ0v) is 17.2. The molecule has 4 rings (SSSR count). The summed E-state index contributed by atoms with van der Waals surface area (Å²) >= 11 is 5.93. The van der Waals surface area contributed by atoms with Gasteiger partial charge in [0.2, 0.25) is 0 Å². The van der Waals surface area contributed by atoms with E-state index >= 15 is 0 Å². The highest BCUT2D eigenvalue weighted by atomic mass is 35.5. The highest BCUT2D eigenvalue weighted by molar-refractivity contribution is 6.30. The van der Waals surface area contributed by atoms with Crippen LogP contribution in [-0.4, -0.2) is 20.4 Å². The Morgan fingerprint density at radius 1 is 1.17 bits per heavy atom. The summed E-state index contributed by atoms with van der Waals surface area (Å²) in [7, 11) is 0. The second-order valence-corrected chi connectivity index (χ2v) is 7.41. The van der Waals surface area contributed by atoms with Crippen LogP contribution in [0.1, 0.15) is 33.2 Å². The Balaban J connectivity index is 1.63. The first-order chi connectivity index (χ1) is 14.4. The SMILES string of the molecule is Cc1nc(CNC(=O)c2cc3c(=O)n(Cc4ccc(Cl)cc4)ccc3nc2C)co1. The number of hydrogen-bond acceptors (Lipinski definition) is 5. The molecule has 1 amide bonds. The molecule has 0 spiro atoms. The molecule has 0 saturated carbocycles. The summed E-state index contributed by atoms with van der Waals surface area (Å²) < 4.78 is 6.73. The molecule has 0 radical (unpaired) electrons. The number of aromatic nitrogens is 3. The van der Waals surface area contributed by atoms with Crippen molar-refractivity contribution in [2.24, 2.45) is 0 Å². The standard InChI is InChI=1S/C22H19ClN4O3/c1-13-18(21(28)24-10-17-12-30-14(2)26-17)9-19-20(25-13)7-8-27(22(19)29)11-15-3-5-16(23)6-4-15/h3-9,12H,10-11H2,1-2H3,(H,24,28). The molecule has 0 unspecified atom stereocenters. The van der Waals surface area contributed by atoms with Gasteiger partial charge in [-0.2, -0.15) is 0 Å². The minimum atomic E-state index is -0.324. The van der Waals surface area contributed by atoms with Crippen LogP contribution in [0.15, 0.2) is 58.1 Å². The summed E-state index contributed by atoms with van der Waals surface area (Å²) in [4.78, 5) is 34.3. The molecule has 3 aromatic heterocycles. The van der Waals surface area contributed by atoms with Gasteiger partial charge in [-0.3, -0.25) is 14.6 Å². The van der Waals surface area contributed by atoms with Crippen molar-refractivity contribution in [3.05, 3.63) is 92.6 Å². The van der Waals surface area contributed by atoms with Crippen LogP contribution in [0, 0.1) is 13.8 Å². The molecule has 7 nitrogen and oxygen atoms in total. The van der Waals surface area contributed by atoms with Crippen LogP contribution in [0.5, 0.6) is 0 Å². The summed E-state index contributed by atoms with van der Waals surface area (Å²) in [5.74, 6) is 0.207. The van der Waals surface area contributed by atoms with E-state index < -0.39 is 0 Å². The molecule has 0 atom stereocenters. The minimum Gasteiger partial charge on any atom is -0.449 e. The first kappa shape index (κ1) is 19.8. The minimum absolute atomic E-state index is 0.212. The number of carbonyl (C=O) groups is 1. The lowest BCUT2D eigenvalue weighted by Gasteiger charge is -2.10. The molecule has 1 aromatic carbocycles. The number of oxazole rings is 1. The number of nitrogens with zero attached hydrogens (tertiary/aromatic N) is 3. The van der Waals surface area contributed by atoms with E-state index in [-0.39, 0.29) is 18.0 Å². The van der Waals surface area contributed by atoms with E-state index in [1.807, 2.05) is 12.1 Å². The van der Waals surface area contributed by atoms with Crippen molar-refractivity contribution in [2.75, 3.05) is 0 Å². The molecule has 0 saturated heterocycles. The van der Waals surface area contributed by atoms with Crippen LogP contribution < -0.4 is 10.9 Å². The number of pyridine rings is 2. The lowest BCUT2D eigenvalue weighted by Crippen LogP contribution is -2.25. The number of amides is 1. The Hall–Kier alpha value is -3.45. The third-order valence-corrected chi connectivity index (χ3v) is 5.01. The van der Waals surface area contributed by atoms with Crippen LogP contribution >= 0.6 is 11.6 Å². The fraction of sp³-hybridized carbons (Fsp3) is 0.182. The van der Waals surface area contributed by atoms with Gasteiger partial charge >= 0.3 is 0 Å². The molecule has 0 fully saturated rings. The van der Waals surface area contributed by atoms with E-state index in [1.54, 1.807) is 48.9 Å². The van der Waals surface area contributed by atoms with Crippen molar-refractivity contribution >= 4 is 28.4 Å².